The van der Waals surface area contributed by atoms with Crippen LogP contribution >= 0.6 is 22.3 Å². The quantitative estimate of drug-likeness (QED) is 0.216. The van der Waals surface area contributed by atoms with Crippen LogP contribution in [0.1, 0.15) is 73.9 Å². The number of halogens is 1. The Kier molecular flexibility index (Phi) is 10.0. The largest absolute Gasteiger partial charge is 0.491 e. The second-order valence-corrected chi connectivity index (χ2v) is 14.7. The van der Waals surface area contributed by atoms with Crippen molar-refractivity contribution in [2.75, 3.05) is 31.7 Å². The lowest BCUT2D eigenvalue weighted by atomic mass is 9.64. The van der Waals surface area contributed by atoms with Crippen LogP contribution in [0.5, 0.6) is 5.75 Å². The first kappa shape index (κ1) is 31.8. The van der Waals surface area contributed by atoms with Gasteiger partial charge in [-0.05, 0) is 85.1 Å². The van der Waals surface area contributed by atoms with E-state index in [2.05, 4.69) is 54.5 Å². The highest BCUT2D eigenvalue weighted by Gasteiger charge is 2.47. The number of aryl methyl sites for hydroxylation is 1. The summed E-state index contributed by atoms with van der Waals surface area (Å²) in [6.07, 6.45) is 9.75. The van der Waals surface area contributed by atoms with E-state index in [1.807, 2.05) is 30.3 Å². The zero-order valence-electron chi connectivity index (χ0n) is 25.8. The average molecular weight is 625 g/mol. The highest BCUT2D eigenvalue weighted by Crippen LogP contribution is 2.46. The monoisotopic (exact) mass is 624 g/mol. The van der Waals surface area contributed by atoms with Gasteiger partial charge in [0.15, 0.2) is 6.29 Å². The Morgan fingerprint density at radius 2 is 2.02 bits per heavy atom. The minimum Gasteiger partial charge on any atom is -0.491 e. The zero-order valence-corrected chi connectivity index (χ0v) is 27.4. The molecule has 7 atom stereocenters. The van der Waals surface area contributed by atoms with E-state index in [4.69, 9.17) is 21.1 Å². The van der Waals surface area contributed by atoms with E-state index < -0.39 is 16.3 Å². The van der Waals surface area contributed by atoms with Crippen molar-refractivity contribution in [2.45, 2.75) is 69.6 Å². The van der Waals surface area contributed by atoms with Crippen LogP contribution in [-0.2, 0) is 16.0 Å². The Morgan fingerprint density at radius 1 is 1.21 bits per heavy atom. The van der Waals surface area contributed by atoms with E-state index in [9.17, 15) is 9.59 Å². The maximum absolute atomic E-state index is 13.5. The lowest BCUT2D eigenvalue weighted by molar-refractivity contribution is -0.135. The van der Waals surface area contributed by atoms with Crippen LogP contribution in [0.15, 0.2) is 48.6 Å². The number of hydrogen-bond donors (Lipinski definition) is 1. The van der Waals surface area contributed by atoms with Gasteiger partial charge in [-0.1, -0.05) is 67.5 Å². The summed E-state index contributed by atoms with van der Waals surface area (Å²) in [6, 6.07) is 11.9. The second-order valence-electron chi connectivity index (χ2n) is 12.5. The standard InChI is InChI=1S/C35H45ClN2O4S/c1-6-8-25-17-29(36)12-13-30(25)28-20-38-19-27-10-14-31(27)35(22-39,41-4)16-7-9-23(2)24(3)43(5)37-34(40)26-11-15-33(42-21-28)32(38)18-26/h7,11-13,15-18,22-24,27-28,31H,5-6,8-10,14,19-21H2,1-4H3,(H,37,40)/b16-7+. The molecule has 0 radical (unpaired) electrons. The Hall–Kier alpha value is -2.61. The van der Waals surface area contributed by atoms with E-state index in [0.717, 1.165) is 67.9 Å². The summed E-state index contributed by atoms with van der Waals surface area (Å²) in [6.45, 7) is 8.46. The first-order chi connectivity index (χ1) is 20.7. The molecule has 2 aromatic carbocycles. The molecule has 2 aliphatic heterocycles. The molecule has 0 saturated heterocycles. The van der Waals surface area contributed by atoms with Gasteiger partial charge in [0.1, 0.15) is 11.4 Å². The number of nitrogens with one attached hydrogen (secondary N) is 1. The number of aldehydes is 1. The lowest BCUT2D eigenvalue weighted by Gasteiger charge is -2.47. The third kappa shape index (κ3) is 6.59. The summed E-state index contributed by atoms with van der Waals surface area (Å²) < 4.78 is 15.7. The minimum absolute atomic E-state index is 0.0677. The Morgan fingerprint density at radius 3 is 2.72 bits per heavy atom. The van der Waals surface area contributed by atoms with Gasteiger partial charge in [0.2, 0.25) is 0 Å². The molecule has 1 saturated carbocycles. The summed E-state index contributed by atoms with van der Waals surface area (Å²) >= 11 is 6.42. The number of methoxy groups -OCH3 is 1. The zero-order chi connectivity index (χ0) is 30.7. The lowest BCUT2D eigenvalue weighted by Crippen LogP contribution is -2.52. The number of nitrogens with zero attached hydrogens (tertiary/aromatic N) is 1. The normalized spacial score (nSPS) is 31.9. The molecule has 1 N–H and O–H groups in total. The van der Waals surface area contributed by atoms with Gasteiger partial charge in [-0.25, -0.2) is 0 Å². The number of anilines is 1. The van der Waals surface area contributed by atoms with Crippen LogP contribution in [0.3, 0.4) is 0 Å². The first-order valence-electron chi connectivity index (χ1n) is 15.5. The van der Waals surface area contributed by atoms with Crippen LogP contribution in [0.4, 0.5) is 5.69 Å². The van der Waals surface area contributed by atoms with Crippen molar-refractivity contribution >= 4 is 46.0 Å². The van der Waals surface area contributed by atoms with E-state index in [1.165, 1.54) is 11.1 Å². The van der Waals surface area contributed by atoms with Crippen molar-refractivity contribution in [3.8, 4) is 5.75 Å². The van der Waals surface area contributed by atoms with Crippen molar-refractivity contribution in [1.29, 1.82) is 0 Å². The molecule has 5 rings (SSSR count). The van der Waals surface area contributed by atoms with Crippen molar-refractivity contribution in [3.05, 3.63) is 70.3 Å². The molecule has 1 aliphatic carbocycles. The Balaban J connectivity index is 1.57. The summed E-state index contributed by atoms with van der Waals surface area (Å²) in [5.74, 6) is 5.65. The topological polar surface area (TPSA) is 67.9 Å². The molecule has 1 amide bonds. The molecule has 2 aromatic rings. The molecule has 0 aromatic heterocycles. The van der Waals surface area contributed by atoms with Crippen LogP contribution in [0, 0.1) is 17.8 Å². The van der Waals surface area contributed by atoms with Gasteiger partial charge in [-0.15, -0.1) is 0 Å². The summed E-state index contributed by atoms with van der Waals surface area (Å²) in [7, 11) is 1.06. The molecule has 6 nitrogen and oxygen atoms in total. The average Bonchev–Trinajstić information content (AvgIpc) is 3.17. The smallest absolute Gasteiger partial charge is 0.260 e. The second kappa shape index (κ2) is 13.6. The number of carbonyl (C=O) groups is 2. The van der Waals surface area contributed by atoms with Crippen LogP contribution < -0.4 is 14.4 Å². The number of allylic oxidation sites excluding steroid dienone is 1. The maximum atomic E-state index is 13.5. The third-order valence-electron chi connectivity index (χ3n) is 9.86. The van der Waals surface area contributed by atoms with Gasteiger partial charge in [-0.3, -0.25) is 9.59 Å². The van der Waals surface area contributed by atoms with E-state index in [1.54, 1.807) is 7.11 Å². The molecule has 43 heavy (non-hydrogen) atoms. The van der Waals surface area contributed by atoms with E-state index in [0.29, 0.717) is 12.2 Å². The summed E-state index contributed by atoms with van der Waals surface area (Å²) in [4.78, 5) is 28.5. The van der Waals surface area contributed by atoms with Gasteiger partial charge in [-0.2, -0.15) is 0 Å². The van der Waals surface area contributed by atoms with Crippen molar-refractivity contribution in [3.63, 3.8) is 0 Å². The fraction of sp³-hybridized carbons (Fsp3) is 0.514. The van der Waals surface area contributed by atoms with E-state index in [-0.39, 0.29) is 34.8 Å². The highest BCUT2D eigenvalue weighted by atomic mass is 35.5. The fourth-order valence-corrected chi connectivity index (χ4v) is 8.26. The Bertz CT molecular complexity index is 1400. The molecular formula is C35H45ClN2O4S. The predicted molar refractivity (Wildman–Crippen MR) is 179 cm³/mol. The number of ether oxygens (including phenoxy) is 2. The van der Waals surface area contributed by atoms with Gasteiger partial charge in [0.25, 0.3) is 5.91 Å². The van der Waals surface area contributed by atoms with Gasteiger partial charge in [0.05, 0.1) is 12.3 Å². The molecule has 3 aliphatic rings. The molecule has 232 valence electrons. The van der Waals surface area contributed by atoms with Crippen molar-refractivity contribution in [2.24, 2.45) is 17.8 Å². The number of fused-ring (bicyclic) bond motifs is 2. The third-order valence-corrected chi connectivity index (χ3v) is 11.9. The van der Waals surface area contributed by atoms with Gasteiger partial charge in [0, 0.05) is 47.9 Å². The maximum Gasteiger partial charge on any atom is 0.260 e. The SMILES string of the molecule is C=S1NC(=O)c2ccc3c(c2)N(CC(c2ccc(Cl)cc2CCC)CO3)CC2CCC2C(C=O)(OC)/C=C/CC(C)C1C. The number of amides is 1. The number of benzene rings is 2. The molecule has 2 heterocycles. The first-order valence-corrected chi connectivity index (χ1v) is 17.4. The molecule has 2 bridgehead atoms. The minimum atomic E-state index is -0.958. The molecule has 1 fully saturated rings. The molecular weight excluding hydrogens is 580 g/mol. The predicted octanol–water partition coefficient (Wildman–Crippen LogP) is 7.22. The fourth-order valence-electron chi connectivity index (χ4n) is 6.85. The van der Waals surface area contributed by atoms with Crippen molar-refractivity contribution in [1.82, 2.24) is 4.72 Å². The number of carbonyl (C=O) groups excluding carboxylic acids is 2. The van der Waals surface area contributed by atoms with Crippen LogP contribution in [0.25, 0.3) is 0 Å². The summed E-state index contributed by atoms with van der Waals surface area (Å²) in [5.41, 5.74) is 3.05. The Labute approximate surface area is 264 Å². The highest BCUT2D eigenvalue weighted by molar-refractivity contribution is 8.13. The van der Waals surface area contributed by atoms with Gasteiger partial charge >= 0.3 is 0 Å². The number of hydrogen-bond acceptors (Lipinski definition) is 5. The van der Waals surface area contributed by atoms with Crippen molar-refractivity contribution < 1.29 is 19.1 Å². The van der Waals surface area contributed by atoms with E-state index >= 15 is 0 Å². The number of rotatable bonds is 5. The molecule has 7 unspecified atom stereocenters. The summed E-state index contributed by atoms with van der Waals surface area (Å²) in [5, 5.41) is 0.901. The molecule has 8 heteroatoms. The van der Waals surface area contributed by atoms with Gasteiger partial charge < -0.3 is 19.1 Å². The molecule has 0 spiro atoms. The van der Waals surface area contributed by atoms with Crippen LogP contribution in [0.2, 0.25) is 5.02 Å². The van der Waals surface area contributed by atoms with Crippen LogP contribution in [-0.4, -0.2) is 55.7 Å².